The van der Waals surface area contributed by atoms with Gasteiger partial charge >= 0.3 is 0 Å². The van der Waals surface area contributed by atoms with Crippen molar-refractivity contribution >= 4 is 40.6 Å². The lowest BCUT2D eigenvalue weighted by atomic mass is 10.1. The van der Waals surface area contributed by atoms with E-state index in [0.717, 1.165) is 4.34 Å². The number of hydrogen-bond acceptors (Lipinski definition) is 6. The number of aromatic nitrogens is 2. The van der Waals surface area contributed by atoms with E-state index in [9.17, 15) is 9.59 Å². The number of hydrogen-bond donors (Lipinski definition) is 2. The Hall–Kier alpha value is -1.93. The first-order valence-corrected chi connectivity index (χ1v) is 8.82. The molecule has 8 heteroatoms. The van der Waals surface area contributed by atoms with E-state index in [0.29, 0.717) is 11.3 Å². The minimum atomic E-state index is -0.345. The summed E-state index contributed by atoms with van der Waals surface area (Å²) in [7, 11) is 0. The minimum absolute atomic E-state index is 0.193. The number of anilines is 1. The third-order valence-corrected chi connectivity index (χ3v) is 4.46. The van der Waals surface area contributed by atoms with Gasteiger partial charge in [0.2, 0.25) is 5.91 Å². The van der Waals surface area contributed by atoms with Crippen LogP contribution >= 0.6 is 23.1 Å². The molecule has 0 unspecified atom stereocenters. The van der Waals surface area contributed by atoms with E-state index in [2.05, 4.69) is 20.8 Å². The number of nitrogens with zero attached hydrogens (tertiary/aromatic N) is 2. The van der Waals surface area contributed by atoms with Crippen molar-refractivity contribution in [2.75, 3.05) is 11.1 Å². The zero-order chi connectivity index (χ0) is 16.9. The Balaban J connectivity index is 2.02. The molecule has 0 aliphatic heterocycles. The van der Waals surface area contributed by atoms with Gasteiger partial charge in [0.05, 0.1) is 17.0 Å². The van der Waals surface area contributed by atoms with E-state index >= 15 is 0 Å². The van der Waals surface area contributed by atoms with Crippen LogP contribution in [0, 0.1) is 0 Å². The first-order chi connectivity index (χ1) is 10.8. The molecule has 2 aromatic rings. The average molecular weight is 350 g/mol. The van der Waals surface area contributed by atoms with Gasteiger partial charge in [0.15, 0.2) is 4.34 Å². The lowest BCUT2D eigenvalue weighted by Gasteiger charge is -2.21. The third-order valence-electron chi connectivity index (χ3n) is 2.60. The predicted octanol–water partition coefficient (Wildman–Crippen LogP) is 2.80. The van der Waals surface area contributed by atoms with Crippen molar-refractivity contribution in [3.8, 4) is 0 Å². The summed E-state index contributed by atoms with van der Waals surface area (Å²) in [6, 6.07) is 6.95. The van der Waals surface area contributed by atoms with Gasteiger partial charge < -0.3 is 10.6 Å². The lowest BCUT2D eigenvalue weighted by molar-refractivity contribution is -0.113. The Morgan fingerprint density at radius 3 is 2.65 bits per heavy atom. The zero-order valence-electron chi connectivity index (χ0n) is 13.1. The van der Waals surface area contributed by atoms with Crippen molar-refractivity contribution in [3.05, 3.63) is 35.3 Å². The van der Waals surface area contributed by atoms with Crippen LogP contribution in [0.4, 0.5) is 5.69 Å². The molecule has 0 saturated heterocycles. The second-order valence-corrected chi connectivity index (χ2v) is 7.85. The minimum Gasteiger partial charge on any atom is -0.347 e. The summed E-state index contributed by atoms with van der Waals surface area (Å²) in [5, 5.41) is 13.3. The Morgan fingerprint density at radius 1 is 1.26 bits per heavy atom. The highest BCUT2D eigenvalue weighted by molar-refractivity contribution is 8.01. The molecule has 2 rings (SSSR count). The molecule has 0 atom stereocenters. The largest absolute Gasteiger partial charge is 0.347 e. The smallest absolute Gasteiger partial charge is 0.253 e. The lowest BCUT2D eigenvalue weighted by Crippen LogP contribution is -2.40. The topological polar surface area (TPSA) is 84.0 Å². The molecule has 122 valence electrons. The Labute approximate surface area is 143 Å². The monoisotopic (exact) mass is 350 g/mol. The molecule has 0 radical (unpaired) electrons. The van der Waals surface area contributed by atoms with Crippen molar-refractivity contribution in [2.45, 2.75) is 30.6 Å². The van der Waals surface area contributed by atoms with Gasteiger partial charge in [-0.15, -0.1) is 10.2 Å². The summed E-state index contributed by atoms with van der Waals surface area (Å²) in [5.41, 5.74) is 2.21. The summed E-state index contributed by atoms with van der Waals surface area (Å²) < 4.78 is 0.735. The fourth-order valence-electron chi connectivity index (χ4n) is 1.74. The quantitative estimate of drug-likeness (QED) is 0.810. The molecule has 0 saturated carbocycles. The normalized spacial score (nSPS) is 11.1. The molecular weight excluding hydrogens is 332 g/mol. The molecule has 1 aromatic heterocycles. The highest BCUT2D eigenvalue weighted by Crippen LogP contribution is 2.20. The van der Waals surface area contributed by atoms with Gasteiger partial charge in [0.25, 0.3) is 5.91 Å². The van der Waals surface area contributed by atoms with Gasteiger partial charge in [-0.2, -0.15) is 0 Å². The summed E-state index contributed by atoms with van der Waals surface area (Å²) in [4.78, 5) is 24.4. The zero-order valence-corrected chi connectivity index (χ0v) is 14.8. The maximum Gasteiger partial charge on any atom is 0.253 e. The summed E-state index contributed by atoms with van der Waals surface area (Å²) in [6.45, 7) is 5.72. The van der Waals surface area contributed by atoms with Gasteiger partial charge in [0, 0.05) is 5.54 Å². The van der Waals surface area contributed by atoms with E-state index in [4.69, 9.17) is 0 Å². The van der Waals surface area contributed by atoms with Gasteiger partial charge in [-0.25, -0.2) is 0 Å². The van der Waals surface area contributed by atoms with Crippen LogP contribution in [0.25, 0.3) is 0 Å². The molecule has 0 fully saturated rings. The number of thioether (sulfide) groups is 1. The van der Waals surface area contributed by atoms with Gasteiger partial charge in [-0.05, 0) is 32.9 Å². The average Bonchev–Trinajstić information content (AvgIpc) is 2.97. The van der Waals surface area contributed by atoms with Gasteiger partial charge in [-0.3, -0.25) is 9.59 Å². The van der Waals surface area contributed by atoms with Crippen LogP contribution < -0.4 is 10.6 Å². The molecule has 1 heterocycles. The number of para-hydroxylation sites is 1. The van der Waals surface area contributed by atoms with E-state index in [1.54, 1.807) is 29.8 Å². The van der Waals surface area contributed by atoms with Crippen LogP contribution in [-0.4, -0.2) is 33.3 Å². The van der Waals surface area contributed by atoms with Crippen LogP contribution in [-0.2, 0) is 4.79 Å². The first kappa shape index (κ1) is 17.4. The van der Waals surface area contributed by atoms with Crippen LogP contribution in [0.3, 0.4) is 0 Å². The van der Waals surface area contributed by atoms with E-state index < -0.39 is 0 Å². The number of benzene rings is 1. The van der Waals surface area contributed by atoms with Crippen molar-refractivity contribution < 1.29 is 9.59 Å². The molecule has 0 bridgehead atoms. The molecule has 0 spiro atoms. The molecule has 1 aromatic carbocycles. The maximum absolute atomic E-state index is 12.3. The molecular formula is C15H18N4O2S2. The summed E-state index contributed by atoms with van der Waals surface area (Å²) in [5.74, 6) is -0.198. The van der Waals surface area contributed by atoms with Crippen molar-refractivity contribution in [1.29, 1.82) is 0 Å². The third kappa shape index (κ3) is 5.65. The van der Waals surface area contributed by atoms with Crippen LogP contribution in [0.5, 0.6) is 0 Å². The number of rotatable bonds is 5. The SMILES string of the molecule is CC(C)(C)NC(=O)c1ccccc1NC(=O)CSc1nncs1. The molecule has 0 aliphatic carbocycles. The highest BCUT2D eigenvalue weighted by Gasteiger charge is 2.18. The van der Waals surface area contributed by atoms with Crippen molar-refractivity contribution in [2.24, 2.45) is 0 Å². The van der Waals surface area contributed by atoms with Crippen molar-refractivity contribution in [1.82, 2.24) is 15.5 Å². The van der Waals surface area contributed by atoms with E-state index in [1.807, 2.05) is 20.8 Å². The second-order valence-electron chi connectivity index (χ2n) is 5.79. The predicted molar refractivity (Wildman–Crippen MR) is 92.9 cm³/mol. The number of amides is 2. The fourth-order valence-corrected chi connectivity index (χ4v) is 3.03. The molecule has 2 N–H and O–H groups in total. The Morgan fingerprint density at radius 2 is 2.00 bits per heavy atom. The van der Waals surface area contributed by atoms with E-state index in [-0.39, 0.29) is 23.1 Å². The van der Waals surface area contributed by atoms with Crippen molar-refractivity contribution in [3.63, 3.8) is 0 Å². The van der Waals surface area contributed by atoms with Crippen LogP contribution in [0.15, 0.2) is 34.1 Å². The second kappa shape index (κ2) is 7.56. The van der Waals surface area contributed by atoms with E-state index in [1.165, 1.54) is 23.1 Å². The summed E-state index contributed by atoms with van der Waals surface area (Å²) in [6.07, 6.45) is 0. The molecule has 0 aliphatic rings. The molecule has 6 nitrogen and oxygen atoms in total. The Kier molecular flexibility index (Phi) is 5.73. The van der Waals surface area contributed by atoms with Gasteiger partial charge in [0.1, 0.15) is 5.51 Å². The maximum atomic E-state index is 12.3. The van der Waals surface area contributed by atoms with Crippen LogP contribution in [0.2, 0.25) is 0 Å². The standard InChI is InChI=1S/C15H18N4O2S2/c1-15(2,3)18-13(21)10-6-4-5-7-11(10)17-12(20)8-22-14-19-16-9-23-14/h4-7,9H,8H2,1-3H3,(H,17,20)(H,18,21). The fraction of sp³-hybridized carbons (Fsp3) is 0.333. The molecule has 2 amide bonds. The highest BCUT2D eigenvalue weighted by atomic mass is 32.2. The number of carbonyl (C=O) groups excluding carboxylic acids is 2. The molecule has 23 heavy (non-hydrogen) atoms. The van der Waals surface area contributed by atoms with Gasteiger partial charge in [-0.1, -0.05) is 35.2 Å². The van der Waals surface area contributed by atoms with Crippen LogP contribution in [0.1, 0.15) is 31.1 Å². The first-order valence-electron chi connectivity index (χ1n) is 6.95. The summed E-state index contributed by atoms with van der Waals surface area (Å²) >= 11 is 2.69. The number of nitrogens with one attached hydrogen (secondary N) is 2. The Bertz CT molecular complexity index is 681. The number of carbonyl (C=O) groups is 2.